The Balaban J connectivity index is 1.84. The minimum absolute atomic E-state index is 0.294. The molecule has 1 atom stereocenters. The van der Waals surface area contributed by atoms with Crippen molar-refractivity contribution in [2.45, 2.75) is 12.5 Å². The van der Waals surface area contributed by atoms with E-state index in [2.05, 4.69) is 12.0 Å². The highest BCUT2D eigenvalue weighted by Crippen LogP contribution is 2.34. The van der Waals surface area contributed by atoms with E-state index in [1.54, 1.807) is 36.4 Å². The molecular formula is C18H14Cl2N2O2. The third kappa shape index (κ3) is 3.30. The van der Waals surface area contributed by atoms with Crippen molar-refractivity contribution >= 4 is 35.0 Å². The van der Waals surface area contributed by atoms with E-state index in [1.807, 2.05) is 12.1 Å². The third-order valence-electron chi connectivity index (χ3n) is 3.86. The minimum atomic E-state index is -0.381. The van der Waals surface area contributed by atoms with E-state index >= 15 is 0 Å². The van der Waals surface area contributed by atoms with E-state index in [4.69, 9.17) is 23.2 Å². The summed E-state index contributed by atoms with van der Waals surface area (Å²) in [7, 11) is 0. The van der Waals surface area contributed by atoms with Gasteiger partial charge in [-0.25, -0.2) is 5.01 Å². The smallest absolute Gasteiger partial charge is 0.268 e. The summed E-state index contributed by atoms with van der Waals surface area (Å²) in [6.07, 6.45) is 0.446. The van der Waals surface area contributed by atoms with Crippen LogP contribution < -0.4 is 5.43 Å². The summed E-state index contributed by atoms with van der Waals surface area (Å²) < 4.78 is 0. The Morgan fingerprint density at radius 1 is 1.04 bits per heavy atom. The second-order valence-electron chi connectivity index (χ2n) is 5.50. The standard InChI is InChI=1S/C18H14Cl2N2O2/c1-11-10-16(12-2-6-14(19)7-3-12)22(18(11)24)21-17(23)13-4-8-15(20)9-5-13/h2-9,16H,1,10H2,(H,21,23). The highest BCUT2D eigenvalue weighted by Gasteiger charge is 2.36. The van der Waals surface area contributed by atoms with Gasteiger partial charge in [-0.3, -0.25) is 15.0 Å². The molecule has 2 aromatic rings. The first-order chi connectivity index (χ1) is 11.5. The first-order valence-corrected chi connectivity index (χ1v) is 8.04. The molecule has 1 fully saturated rings. The molecule has 4 nitrogen and oxygen atoms in total. The van der Waals surface area contributed by atoms with Crippen molar-refractivity contribution < 1.29 is 9.59 Å². The first-order valence-electron chi connectivity index (χ1n) is 7.29. The van der Waals surface area contributed by atoms with Crippen LogP contribution in [0.25, 0.3) is 0 Å². The van der Waals surface area contributed by atoms with Gasteiger partial charge >= 0.3 is 0 Å². The lowest BCUT2D eigenvalue weighted by Gasteiger charge is -2.25. The molecule has 0 aromatic heterocycles. The molecule has 0 spiro atoms. The summed E-state index contributed by atoms with van der Waals surface area (Å²) in [6.45, 7) is 3.78. The topological polar surface area (TPSA) is 49.4 Å². The number of carbonyl (C=O) groups is 2. The van der Waals surface area contributed by atoms with Gasteiger partial charge in [0.25, 0.3) is 11.8 Å². The fourth-order valence-electron chi connectivity index (χ4n) is 2.58. The summed E-state index contributed by atoms with van der Waals surface area (Å²) in [6, 6.07) is 13.3. The number of rotatable bonds is 3. The summed E-state index contributed by atoms with van der Waals surface area (Å²) in [5, 5.41) is 2.47. The Hall–Kier alpha value is -2.30. The molecule has 1 aliphatic heterocycles. The quantitative estimate of drug-likeness (QED) is 0.835. The van der Waals surface area contributed by atoms with Gasteiger partial charge in [0.15, 0.2) is 0 Å². The van der Waals surface area contributed by atoms with Crippen molar-refractivity contribution in [3.05, 3.63) is 81.9 Å². The predicted molar refractivity (Wildman–Crippen MR) is 93.7 cm³/mol. The number of amides is 2. The zero-order chi connectivity index (χ0) is 17.3. The normalized spacial score (nSPS) is 17.2. The average Bonchev–Trinajstić information content (AvgIpc) is 2.84. The maximum Gasteiger partial charge on any atom is 0.269 e. The Morgan fingerprint density at radius 3 is 2.17 bits per heavy atom. The number of benzene rings is 2. The Morgan fingerprint density at radius 2 is 1.58 bits per heavy atom. The second kappa shape index (κ2) is 6.67. The molecule has 1 unspecified atom stereocenters. The number of nitrogens with one attached hydrogen (secondary N) is 1. The zero-order valence-corrected chi connectivity index (χ0v) is 14.1. The van der Waals surface area contributed by atoms with Crippen molar-refractivity contribution in [3.63, 3.8) is 0 Å². The van der Waals surface area contributed by atoms with Crippen LogP contribution in [-0.2, 0) is 4.79 Å². The van der Waals surface area contributed by atoms with Crippen molar-refractivity contribution in [2.24, 2.45) is 0 Å². The molecule has 2 aromatic carbocycles. The molecular weight excluding hydrogens is 347 g/mol. The maximum absolute atomic E-state index is 12.4. The molecule has 1 aliphatic rings. The number of hydrogen-bond donors (Lipinski definition) is 1. The molecule has 2 amide bonds. The van der Waals surface area contributed by atoms with Gasteiger partial charge in [0.1, 0.15) is 0 Å². The molecule has 6 heteroatoms. The van der Waals surface area contributed by atoms with E-state index in [9.17, 15) is 9.59 Å². The lowest BCUT2D eigenvalue weighted by atomic mass is 10.0. The van der Waals surface area contributed by atoms with Gasteiger partial charge in [0.2, 0.25) is 0 Å². The van der Waals surface area contributed by atoms with Crippen molar-refractivity contribution in [2.75, 3.05) is 0 Å². The van der Waals surface area contributed by atoms with Gasteiger partial charge in [0, 0.05) is 27.6 Å². The summed E-state index contributed by atoms with van der Waals surface area (Å²) in [4.78, 5) is 24.7. The van der Waals surface area contributed by atoms with Crippen molar-refractivity contribution in [1.29, 1.82) is 0 Å². The van der Waals surface area contributed by atoms with Crippen LogP contribution in [0.3, 0.4) is 0 Å². The van der Waals surface area contributed by atoms with Gasteiger partial charge in [-0.1, -0.05) is 41.9 Å². The SMILES string of the molecule is C=C1CC(c2ccc(Cl)cc2)N(NC(=O)c2ccc(Cl)cc2)C1=O. The van der Waals surface area contributed by atoms with E-state index < -0.39 is 0 Å². The summed E-state index contributed by atoms with van der Waals surface area (Å²) >= 11 is 11.7. The molecule has 24 heavy (non-hydrogen) atoms. The van der Waals surface area contributed by atoms with Gasteiger partial charge in [0.05, 0.1) is 6.04 Å². The van der Waals surface area contributed by atoms with Crippen LogP contribution in [0.2, 0.25) is 10.0 Å². The number of hydrazine groups is 1. The Labute approximate surface area is 149 Å². The van der Waals surface area contributed by atoms with E-state index in [0.29, 0.717) is 27.6 Å². The van der Waals surface area contributed by atoms with Crippen LogP contribution >= 0.6 is 23.2 Å². The fraction of sp³-hybridized carbons (Fsp3) is 0.111. The van der Waals surface area contributed by atoms with Crippen molar-refractivity contribution in [1.82, 2.24) is 10.4 Å². The van der Waals surface area contributed by atoms with Crippen LogP contribution in [0, 0.1) is 0 Å². The number of nitrogens with zero attached hydrogens (tertiary/aromatic N) is 1. The zero-order valence-electron chi connectivity index (χ0n) is 12.6. The highest BCUT2D eigenvalue weighted by atomic mass is 35.5. The van der Waals surface area contributed by atoms with Gasteiger partial charge in [-0.2, -0.15) is 0 Å². The molecule has 1 heterocycles. The lowest BCUT2D eigenvalue weighted by Crippen LogP contribution is -2.44. The molecule has 1 N–H and O–H groups in total. The molecule has 1 saturated heterocycles. The number of halogens is 2. The third-order valence-corrected chi connectivity index (χ3v) is 4.36. The molecule has 0 aliphatic carbocycles. The molecule has 122 valence electrons. The molecule has 0 bridgehead atoms. The molecule has 3 rings (SSSR count). The monoisotopic (exact) mass is 360 g/mol. The molecule has 0 radical (unpaired) electrons. The fourth-order valence-corrected chi connectivity index (χ4v) is 2.83. The van der Waals surface area contributed by atoms with E-state index in [1.165, 1.54) is 5.01 Å². The average molecular weight is 361 g/mol. The van der Waals surface area contributed by atoms with Crippen LogP contribution in [0.15, 0.2) is 60.7 Å². The summed E-state index contributed by atoms with van der Waals surface area (Å²) in [5.74, 6) is -0.675. The van der Waals surface area contributed by atoms with Crippen LogP contribution in [0.5, 0.6) is 0 Å². The maximum atomic E-state index is 12.4. The Bertz CT molecular complexity index is 801. The van der Waals surface area contributed by atoms with Crippen LogP contribution in [0.4, 0.5) is 0 Å². The van der Waals surface area contributed by atoms with Gasteiger partial charge < -0.3 is 0 Å². The summed E-state index contributed by atoms with van der Waals surface area (Å²) in [5.41, 5.74) is 4.41. The lowest BCUT2D eigenvalue weighted by molar-refractivity contribution is -0.128. The number of carbonyl (C=O) groups excluding carboxylic acids is 2. The van der Waals surface area contributed by atoms with Gasteiger partial charge in [-0.15, -0.1) is 0 Å². The Kier molecular flexibility index (Phi) is 4.60. The highest BCUT2D eigenvalue weighted by molar-refractivity contribution is 6.30. The first kappa shape index (κ1) is 16.6. The number of hydrogen-bond acceptors (Lipinski definition) is 2. The predicted octanol–water partition coefficient (Wildman–Crippen LogP) is 4.17. The minimum Gasteiger partial charge on any atom is -0.268 e. The second-order valence-corrected chi connectivity index (χ2v) is 6.37. The van der Waals surface area contributed by atoms with Crippen LogP contribution in [-0.4, -0.2) is 16.8 Å². The largest absolute Gasteiger partial charge is 0.269 e. The van der Waals surface area contributed by atoms with Crippen LogP contribution in [0.1, 0.15) is 28.4 Å². The van der Waals surface area contributed by atoms with Gasteiger partial charge in [-0.05, 0) is 42.0 Å². The molecule has 0 saturated carbocycles. The van der Waals surface area contributed by atoms with E-state index in [0.717, 1.165) is 5.56 Å². The van der Waals surface area contributed by atoms with E-state index in [-0.39, 0.29) is 17.9 Å². The van der Waals surface area contributed by atoms with Crippen molar-refractivity contribution in [3.8, 4) is 0 Å².